The maximum atomic E-state index is 11.1. The second-order valence-electron chi connectivity index (χ2n) is 6.34. The van der Waals surface area contributed by atoms with Crippen molar-refractivity contribution in [3.63, 3.8) is 0 Å². The molecule has 4 fully saturated rings. The van der Waals surface area contributed by atoms with Crippen LogP contribution in [0.4, 0.5) is 0 Å². The maximum absolute atomic E-state index is 11.1. The van der Waals surface area contributed by atoms with Gasteiger partial charge in [-0.25, -0.2) is 0 Å². The van der Waals surface area contributed by atoms with E-state index in [4.69, 9.17) is 0 Å². The second kappa shape index (κ2) is 3.61. The van der Waals surface area contributed by atoms with Crippen LogP contribution in [0.15, 0.2) is 0 Å². The third-order valence-electron chi connectivity index (χ3n) is 5.25. The predicted octanol–water partition coefficient (Wildman–Crippen LogP) is 3.43. The van der Waals surface area contributed by atoms with Gasteiger partial charge in [0.1, 0.15) is 5.78 Å². The number of hydrogen-bond donors (Lipinski definition) is 0. The van der Waals surface area contributed by atoms with Crippen molar-refractivity contribution < 1.29 is 4.79 Å². The number of carbonyl (C=O) groups excluding carboxylic acids is 1. The molecular weight excluding hydrogens is 184 g/mol. The first kappa shape index (κ1) is 9.86. The summed E-state index contributed by atoms with van der Waals surface area (Å²) < 4.78 is 0. The summed E-state index contributed by atoms with van der Waals surface area (Å²) in [5.74, 6) is 5.45. The van der Waals surface area contributed by atoms with Gasteiger partial charge in [0.05, 0.1) is 0 Å². The summed E-state index contributed by atoms with van der Waals surface area (Å²) in [6, 6.07) is 0. The van der Waals surface area contributed by atoms with Crippen molar-refractivity contribution in [1.29, 1.82) is 0 Å². The van der Waals surface area contributed by atoms with Crippen LogP contribution in [0.3, 0.4) is 0 Å². The third kappa shape index (κ3) is 1.74. The molecule has 0 atom stereocenters. The molecule has 0 heterocycles. The lowest BCUT2D eigenvalue weighted by Gasteiger charge is -2.54. The van der Waals surface area contributed by atoms with E-state index in [1.807, 2.05) is 0 Å². The lowest BCUT2D eigenvalue weighted by Crippen LogP contribution is -2.45. The van der Waals surface area contributed by atoms with Gasteiger partial charge in [-0.3, -0.25) is 0 Å². The molecule has 4 saturated carbocycles. The molecule has 0 aromatic carbocycles. The molecule has 84 valence electrons. The molecule has 4 aliphatic carbocycles. The van der Waals surface area contributed by atoms with E-state index in [0.717, 1.165) is 36.0 Å². The smallest absolute Gasteiger partial charge is 0.129 e. The molecule has 0 N–H and O–H groups in total. The Hall–Kier alpha value is -0.330. The van der Waals surface area contributed by atoms with Gasteiger partial charge in [-0.1, -0.05) is 0 Å². The molecular formula is C14H22O. The summed E-state index contributed by atoms with van der Waals surface area (Å²) in [7, 11) is 0. The summed E-state index contributed by atoms with van der Waals surface area (Å²) in [4.78, 5) is 11.1. The zero-order chi connectivity index (χ0) is 10.4. The highest BCUT2D eigenvalue weighted by Gasteiger charge is 2.47. The van der Waals surface area contributed by atoms with Crippen LogP contribution in [-0.4, -0.2) is 5.78 Å². The SMILES string of the molecule is CC(=O)CCC1C2CC3CC(C2)CC1C3. The fourth-order valence-electron chi connectivity index (χ4n) is 4.88. The topological polar surface area (TPSA) is 17.1 Å². The molecule has 4 bridgehead atoms. The minimum Gasteiger partial charge on any atom is -0.300 e. The van der Waals surface area contributed by atoms with Crippen molar-refractivity contribution in [2.75, 3.05) is 0 Å². The van der Waals surface area contributed by atoms with Gasteiger partial charge in [-0.2, -0.15) is 0 Å². The van der Waals surface area contributed by atoms with Crippen LogP contribution in [0.5, 0.6) is 0 Å². The fraction of sp³-hybridized carbons (Fsp3) is 0.929. The average Bonchev–Trinajstić information content (AvgIpc) is 2.14. The number of ketones is 1. The third-order valence-corrected chi connectivity index (χ3v) is 5.25. The Kier molecular flexibility index (Phi) is 2.37. The van der Waals surface area contributed by atoms with E-state index in [1.54, 1.807) is 6.92 Å². The normalized spacial score (nSPS) is 47.1. The van der Waals surface area contributed by atoms with Crippen molar-refractivity contribution in [3.05, 3.63) is 0 Å². The molecule has 1 nitrogen and oxygen atoms in total. The molecule has 0 saturated heterocycles. The monoisotopic (exact) mass is 206 g/mol. The molecule has 0 amide bonds. The van der Waals surface area contributed by atoms with Crippen LogP contribution in [0.1, 0.15) is 51.9 Å². The Morgan fingerprint density at radius 1 is 1.00 bits per heavy atom. The highest BCUT2D eigenvalue weighted by molar-refractivity contribution is 5.75. The first-order valence-electron chi connectivity index (χ1n) is 6.72. The van der Waals surface area contributed by atoms with E-state index in [9.17, 15) is 4.79 Å². The standard InChI is InChI=1S/C14H22O/c1-9(15)2-3-14-12-5-10-4-11(7-12)8-13(14)6-10/h10-14H,2-8H2,1H3. The fourth-order valence-corrected chi connectivity index (χ4v) is 4.88. The zero-order valence-electron chi connectivity index (χ0n) is 9.74. The van der Waals surface area contributed by atoms with Gasteiger partial charge in [0.25, 0.3) is 0 Å². The second-order valence-corrected chi connectivity index (χ2v) is 6.34. The van der Waals surface area contributed by atoms with Crippen LogP contribution < -0.4 is 0 Å². The van der Waals surface area contributed by atoms with Crippen molar-refractivity contribution in [3.8, 4) is 0 Å². The zero-order valence-corrected chi connectivity index (χ0v) is 9.74. The Bertz CT molecular complexity index is 241. The Morgan fingerprint density at radius 3 is 2.00 bits per heavy atom. The van der Waals surface area contributed by atoms with Gasteiger partial charge in [0, 0.05) is 6.42 Å². The first-order valence-corrected chi connectivity index (χ1v) is 6.72. The van der Waals surface area contributed by atoms with Crippen molar-refractivity contribution in [2.45, 2.75) is 51.9 Å². The molecule has 0 radical (unpaired) electrons. The number of hydrogen-bond acceptors (Lipinski definition) is 1. The van der Waals surface area contributed by atoms with Gasteiger partial charge in [-0.05, 0) is 75.0 Å². The van der Waals surface area contributed by atoms with Gasteiger partial charge in [0.15, 0.2) is 0 Å². The minimum atomic E-state index is 0.392. The Labute approximate surface area is 92.6 Å². The molecule has 1 heteroatoms. The lowest BCUT2D eigenvalue weighted by atomic mass is 9.51. The van der Waals surface area contributed by atoms with Gasteiger partial charge in [0.2, 0.25) is 0 Å². The van der Waals surface area contributed by atoms with E-state index in [2.05, 4.69) is 0 Å². The van der Waals surface area contributed by atoms with Crippen LogP contribution >= 0.6 is 0 Å². The molecule has 4 aliphatic rings. The maximum Gasteiger partial charge on any atom is 0.129 e. The predicted molar refractivity (Wildman–Crippen MR) is 60.5 cm³/mol. The van der Waals surface area contributed by atoms with E-state index < -0.39 is 0 Å². The average molecular weight is 206 g/mol. The number of carbonyl (C=O) groups is 1. The van der Waals surface area contributed by atoms with E-state index in [0.29, 0.717) is 5.78 Å². The molecule has 0 aromatic rings. The van der Waals surface area contributed by atoms with Crippen LogP contribution in [0.25, 0.3) is 0 Å². The summed E-state index contributed by atoms with van der Waals surface area (Å²) >= 11 is 0. The number of rotatable bonds is 3. The highest BCUT2D eigenvalue weighted by Crippen LogP contribution is 2.57. The van der Waals surface area contributed by atoms with Crippen LogP contribution in [0.2, 0.25) is 0 Å². The quantitative estimate of drug-likeness (QED) is 0.691. The van der Waals surface area contributed by atoms with Crippen molar-refractivity contribution >= 4 is 5.78 Å². The summed E-state index contributed by atoms with van der Waals surface area (Å²) in [6.07, 6.45) is 9.56. The van der Waals surface area contributed by atoms with Crippen molar-refractivity contribution in [1.82, 2.24) is 0 Å². The number of Topliss-reactive ketones (excluding diaryl/α,β-unsaturated/α-hetero) is 1. The molecule has 0 spiro atoms. The summed E-state index contributed by atoms with van der Waals surface area (Å²) in [6.45, 7) is 1.75. The van der Waals surface area contributed by atoms with Crippen LogP contribution in [0, 0.1) is 29.6 Å². The van der Waals surface area contributed by atoms with E-state index >= 15 is 0 Å². The van der Waals surface area contributed by atoms with Crippen LogP contribution in [-0.2, 0) is 4.79 Å². The first-order chi connectivity index (χ1) is 7.22. The molecule has 0 aliphatic heterocycles. The lowest BCUT2D eigenvalue weighted by molar-refractivity contribution is -0.118. The summed E-state index contributed by atoms with van der Waals surface area (Å²) in [5.41, 5.74) is 0. The summed E-state index contributed by atoms with van der Waals surface area (Å²) in [5, 5.41) is 0. The van der Waals surface area contributed by atoms with E-state index in [-0.39, 0.29) is 0 Å². The Balaban J connectivity index is 1.67. The van der Waals surface area contributed by atoms with Gasteiger partial charge >= 0.3 is 0 Å². The Morgan fingerprint density at radius 2 is 1.53 bits per heavy atom. The molecule has 0 unspecified atom stereocenters. The van der Waals surface area contributed by atoms with Gasteiger partial charge < -0.3 is 4.79 Å². The molecule has 15 heavy (non-hydrogen) atoms. The molecule has 0 aromatic heterocycles. The largest absolute Gasteiger partial charge is 0.300 e. The van der Waals surface area contributed by atoms with Gasteiger partial charge in [-0.15, -0.1) is 0 Å². The van der Waals surface area contributed by atoms with Crippen molar-refractivity contribution in [2.24, 2.45) is 29.6 Å². The minimum absolute atomic E-state index is 0.392. The molecule has 4 rings (SSSR count). The van der Waals surface area contributed by atoms with E-state index in [1.165, 1.54) is 38.5 Å². The highest BCUT2D eigenvalue weighted by atomic mass is 16.1.